The number of carboxylic acid groups (broad SMARTS) is 1. The third-order valence-electron chi connectivity index (χ3n) is 4.15. The molecule has 1 aromatic carbocycles. The molecule has 1 aromatic rings. The van der Waals surface area contributed by atoms with E-state index in [1.807, 2.05) is 0 Å². The summed E-state index contributed by atoms with van der Waals surface area (Å²) in [6, 6.07) is 7.47. The van der Waals surface area contributed by atoms with Crippen LogP contribution in [0.25, 0.3) is 0 Å². The van der Waals surface area contributed by atoms with Crippen molar-refractivity contribution >= 4 is 39.7 Å². The van der Waals surface area contributed by atoms with Crippen LogP contribution < -0.4 is 5.32 Å². The van der Waals surface area contributed by atoms with Gasteiger partial charge in [-0.05, 0) is 5.56 Å². The van der Waals surface area contributed by atoms with Gasteiger partial charge in [0, 0.05) is 0 Å². The predicted molar refractivity (Wildman–Crippen MR) is 95.9 cm³/mol. The van der Waals surface area contributed by atoms with Crippen LogP contribution in [-0.4, -0.2) is 58.9 Å². The SMILES string of the molecule is O=C(Cc1ccccc1)N[C@@H]1C(=O)N2C(C(=O)O)=C(OS(=O)(=O)C(F)(F)F)CS[C@@H]12. The molecule has 3 rings (SSSR count). The molecule has 2 heterocycles. The molecule has 0 radical (unpaired) electrons. The van der Waals surface area contributed by atoms with E-state index in [1.165, 1.54) is 0 Å². The highest BCUT2D eigenvalue weighted by Gasteiger charge is 2.56. The van der Waals surface area contributed by atoms with E-state index in [0.717, 1.165) is 11.8 Å². The van der Waals surface area contributed by atoms with Gasteiger partial charge in [0.2, 0.25) is 5.91 Å². The van der Waals surface area contributed by atoms with Gasteiger partial charge >= 0.3 is 21.6 Å². The van der Waals surface area contributed by atoms with Crippen molar-refractivity contribution in [1.82, 2.24) is 10.2 Å². The summed E-state index contributed by atoms with van der Waals surface area (Å²) in [5.41, 5.74) is -6.10. The molecule has 2 amide bonds. The number of hydrogen-bond donors (Lipinski definition) is 2. The Kier molecular flexibility index (Phi) is 5.73. The van der Waals surface area contributed by atoms with Crippen molar-refractivity contribution in [3.05, 3.63) is 47.4 Å². The van der Waals surface area contributed by atoms with Gasteiger partial charge in [-0.3, -0.25) is 14.5 Å². The van der Waals surface area contributed by atoms with Crippen LogP contribution in [-0.2, 0) is 35.1 Å². The molecule has 1 saturated heterocycles. The average Bonchev–Trinajstić information content (AvgIpc) is 2.65. The fourth-order valence-electron chi connectivity index (χ4n) is 2.84. The number of thioether (sulfide) groups is 1. The van der Waals surface area contributed by atoms with Gasteiger partial charge in [-0.25, -0.2) is 4.79 Å². The first-order valence-electron chi connectivity index (χ1n) is 8.17. The first-order valence-corrected chi connectivity index (χ1v) is 10.6. The molecular weight excluding hydrogens is 453 g/mol. The summed E-state index contributed by atoms with van der Waals surface area (Å²) in [7, 11) is -6.11. The highest BCUT2D eigenvalue weighted by atomic mass is 32.2. The molecule has 2 N–H and O–H groups in total. The van der Waals surface area contributed by atoms with Crippen LogP contribution >= 0.6 is 11.8 Å². The Labute approximate surface area is 172 Å². The maximum Gasteiger partial charge on any atom is 0.534 e. The Morgan fingerprint density at radius 1 is 1.27 bits per heavy atom. The molecule has 162 valence electrons. The van der Waals surface area contributed by atoms with E-state index in [-0.39, 0.29) is 6.42 Å². The fraction of sp³-hybridized carbons (Fsp3) is 0.312. The smallest absolute Gasteiger partial charge is 0.476 e. The number of hydrogen-bond acceptors (Lipinski definition) is 7. The number of nitrogens with one attached hydrogen (secondary N) is 1. The van der Waals surface area contributed by atoms with Gasteiger partial charge < -0.3 is 14.6 Å². The number of carboxylic acids is 1. The minimum atomic E-state index is -6.11. The van der Waals surface area contributed by atoms with Gasteiger partial charge in [0.25, 0.3) is 5.91 Å². The Morgan fingerprint density at radius 2 is 1.90 bits per heavy atom. The molecule has 0 aromatic heterocycles. The first kappa shape index (κ1) is 22.0. The molecule has 2 atom stereocenters. The number of rotatable bonds is 6. The van der Waals surface area contributed by atoms with Crippen LogP contribution in [0.2, 0.25) is 0 Å². The van der Waals surface area contributed by atoms with Crippen LogP contribution in [0.4, 0.5) is 13.2 Å². The number of carbonyl (C=O) groups is 3. The number of halogens is 3. The largest absolute Gasteiger partial charge is 0.534 e. The standard InChI is InChI=1S/C16H13F3N2O7S2/c17-16(18,19)30(26,27)28-9-7-29-14-11(13(23)21(14)12(9)15(24)25)20-10(22)6-8-4-2-1-3-5-8/h1-5,11,14H,6-7H2,(H,20,22)(H,24,25)/t11-,14+/m1/s1. The maximum absolute atomic E-state index is 12.5. The van der Waals surface area contributed by atoms with Gasteiger partial charge in [-0.1, -0.05) is 30.3 Å². The quantitative estimate of drug-likeness (QED) is 0.358. The summed E-state index contributed by atoms with van der Waals surface area (Å²) in [6.07, 6.45) is -0.0399. The van der Waals surface area contributed by atoms with Crippen molar-refractivity contribution in [3.63, 3.8) is 0 Å². The second kappa shape index (κ2) is 7.83. The minimum absolute atomic E-state index is 0.0399. The molecule has 2 aliphatic heterocycles. The molecule has 1 fully saturated rings. The maximum atomic E-state index is 12.5. The van der Waals surface area contributed by atoms with Crippen molar-refractivity contribution < 1.29 is 45.3 Å². The first-order chi connectivity index (χ1) is 13.9. The third kappa shape index (κ3) is 4.09. The molecule has 14 heteroatoms. The number of nitrogens with zero attached hydrogens (tertiary/aromatic N) is 1. The zero-order chi connectivity index (χ0) is 22.3. The number of benzene rings is 1. The van der Waals surface area contributed by atoms with Gasteiger partial charge in [-0.15, -0.1) is 11.8 Å². The molecule has 30 heavy (non-hydrogen) atoms. The molecular formula is C16H13F3N2O7S2. The summed E-state index contributed by atoms with van der Waals surface area (Å²) in [5, 5.41) is 10.8. The van der Waals surface area contributed by atoms with Crippen LogP contribution in [0.3, 0.4) is 0 Å². The number of fused-ring (bicyclic) bond motifs is 1. The van der Waals surface area contributed by atoms with E-state index >= 15 is 0 Å². The van der Waals surface area contributed by atoms with Gasteiger partial charge in [0.15, 0.2) is 11.5 Å². The fourth-order valence-corrected chi connectivity index (χ4v) is 4.67. The van der Waals surface area contributed by atoms with Crippen LogP contribution in [0.1, 0.15) is 5.56 Å². The molecule has 9 nitrogen and oxygen atoms in total. The van der Waals surface area contributed by atoms with Crippen LogP contribution in [0.5, 0.6) is 0 Å². The van der Waals surface area contributed by atoms with Crippen molar-refractivity contribution in [2.24, 2.45) is 0 Å². The van der Waals surface area contributed by atoms with Gasteiger partial charge in [-0.2, -0.15) is 21.6 Å². The molecule has 0 spiro atoms. The van der Waals surface area contributed by atoms with Crippen LogP contribution in [0, 0.1) is 0 Å². The number of β-lactam (4-membered cyclic amide) rings is 1. The Balaban J connectivity index is 1.76. The van der Waals surface area contributed by atoms with E-state index < -0.39 is 62.0 Å². The van der Waals surface area contributed by atoms with Gasteiger partial charge in [0.05, 0.1) is 12.2 Å². The molecule has 0 unspecified atom stereocenters. The molecule has 0 bridgehead atoms. The van der Waals surface area contributed by atoms with Gasteiger partial charge in [0.1, 0.15) is 11.4 Å². The second-order valence-electron chi connectivity index (χ2n) is 6.18. The average molecular weight is 466 g/mol. The lowest BCUT2D eigenvalue weighted by molar-refractivity contribution is -0.151. The van der Waals surface area contributed by atoms with Crippen molar-refractivity contribution in [1.29, 1.82) is 0 Å². The molecule has 0 saturated carbocycles. The van der Waals surface area contributed by atoms with E-state index in [1.54, 1.807) is 30.3 Å². The Morgan fingerprint density at radius 3 is 2.47 bits per heavy atom. The monoisotopic (exact) mass is 466 g/mol. The number of amides is 2. The molecule has 2 aliphatic rings. The highest BCUT2D eigenvalue weighted by Crippen LogP contribution is 2.42. The number of alkyl halides is 3. The lowest BCUT2D eigenvalue weighted by atomic mass is 10.0. The summed E-state index contributed by atoms with van der Waals surface area (Å²) >= 11 is 0.766. The summed E-state index contributed by atoms with van der Waals surface area (Å²) in [6.45, 7) is 0. The van der Waals surface area contributed by atoms with E-state index in [2.05, 4.69) is 9.50 Å². The summed E-state index contributed by atoms with van der Waals surface area (Å²) in [4.78, 5) is 36.6. The predicted octanol–water partition coefficient (Wildman–Crippen LogP) is 0.791. The minimum Gasteiger partial charge on any atom is -0.476 e. The van der Waals surface area contributed by atoms with E-state index in [9.17, 15) is 41.1 Å². The normalized spacial score (nSPS) is 21.6. The van der Waals surface area contributed by atoms with Crippen molar-refractivity contribution in [2.75, 3.05) is 5.75 Å². The Hall–Kier alpha value is -2.74. The number of carbonyl (C=O) groups excluding carboxylic acids is 2. The lowest BCUT2D eigenvalue weighted by Crippen LogP contribution is -2.70. The Bertz CT molecular complexity index is 1030. The topological polar surface area (TPSA) is 130 Å². The molecule has 0 aliphatic carbocycles. The highest BCUT2D eigenvalue weighted by molar-refractivity contribution is 8.00. The summed E-state index contributed by atoms with van der Waals surface area (Å²) < 4.78 is 64.0. The third-order valence-corrected chi connectivity index (χ3v) is 6.39. The zero-order valence-electron chi connectivity index (χ0n) is 14.7. The zero-order valence-corrected chi connectivity index (χ0v) is 16.4. The van der Waals surface area contributed by atoms with Crippen LogP contribution in [0.15, 0.2) is 41.8 Å². The van der Waals surface area contributed by atoms with E-state index in [4.69, 9.17) is 0 Å². The second-order valence-corrected chi connectivity index (χ2v) is 8.82. The van der Waals surface area contributed by atoms with Crippen molar-refractivity contribution in [2.45, 2.75) is 23.3 Å². The van der Waals surface area contributed by atoms with E-state index in [0.29, 0.717) is 10.5 Å². The summed E-state index contributed by atoms with van der Waals surface area (Å²) in [5.74, 6) is -4.84. The lowest BCUT2D eigenvalue weighted by Gasteiger charge is -2.48. The van der Waals surface area contributed by atoms with Crippen molar-refractivity contribution in [3.8, 4) is 0 Å². The number of aliphatic carboxylic acids is 1.